The molecular formula is C16H14ClN3O3. The Labute approximate surface area is 136 Å². The van der Waals surface area contributed by atoms with Crippen molar-refractivity contribution >= 4 is 17.5 Å². The van der Waals surface area contributed by atoms with Crippen LogP contribution in [0.1, 0.15) is 28.3 Å². The summed E-state index contributed by atoms with van der Waals surface area (Å²) in [7, 11) is 0. The first-order chi connectivity index (χ1) is 11.0. The van der Waals surface area contributed by atoms with Crippen LogP contribution in [-0.4, -0.2) is 27.3 Å². The summed E-state index contributed by atoms with van der Waals surface area (Å²) < 4.78 is 0. The van der Waals surface area contributed by atoms with Crippen molar-refractivity contribution in [1.82, 2.24) is 14.9 Å². The molecule has 2 N–H and O–H groups in total. The van der Waals surface area contributed by atoms with E-state index in [2.05, 4.69) is 9.97 Å². The minimum Gasteiger partial charge on any atom is -0.336 e. The summed E-state index contributed by atoms with van der Waals surface area (Å²) in [5.74, 6) is -0.162. The molecule has 0 bridgehead atoms. The van der Waals surface area contributed by atoms with Gasteiger partial charge < -0.3 is 9.88 Å². The molecule has 1 aliphatic carbocycles. The molecule has 1 unspecified atom stereocenters. The maximum absolute atomic E-state index is 12.7. The predicted molar refractivity (Wildman–Crippen MR) is 84.7 cm³/mol. The average Bonchev–Trinajstić information content (AvgIpc) is 2.49. The van der Waals surface area contributed by atoms with Crippen LogP contribution in [0.2, 0.25) is 5.02 Å². The Morgan fingerprint density at radius 3 is 2.91 bits per heavy atom. The van der Waals surface area contributed by atoms with Gasteiger partial charge in [-0.15, -0.1) is 0 Å². The number of nitrogens with zero attached hydrogens (tertiary/aromatic N) is 1. The van der Waals surface area contributed by atoms with Crippen molar-refractivity contribution in [2.24, 2.45) is 0 Å². The molecular weight excluding hydrogens is 318 g/mol. The SMILES string of the molecule is O=C(C1Cc2ccc(Cl)cc21)N1CCc2c([nH]c(=O)[nH]c2=O)C1. The number of hydrogen-bond acceptors (Lipinski definition) is 3. The average molecular weight is 332 g/mol. The fourth-order valence-corrected chi connectivity index (χ4v) is 3.56. The number of fused-ring (bicyclic) bond motifs is 2. The molecule has 2 aliphatic rings. The normalized spacial score (nSPS) is 18.8. The van der Waals surface area contributed by atoms with Gasteiger partial charge in [-0.3, -0.25) is 14.6 Å². The van der Waals surface area contributed by atoms with E-state index < -0.39 is 5.69 Å². The van der Waals surface area contributed by atoms with E-state index in [1.54, 1.807) is 4.90 Å². The van der Waals surface area contributed by atoms with Gasteiger partial charge in [0, 0.05) is 22.8 Å². The highest BCUT2D eigenvalue weighted by molar-refractivity contribution is 6.30. The summed E-state index contributed by atoms with van der Waals surface area (Å²) in [4.78, 5) is 42.5. The molecule has 1 amide bonds. The highest BCUT2D eigenvalue weighted by Gasteiger charge is 2.36. The minimum absolute atomic E-state index is 0.0200. The van der Waals surface area contributed by atoms with Gasteiger partial charge in [0.05, 0.1) is 12.5 Å². The Kier molecular flexibility index (Phi) is 3.16. The van der Waals surface area contributed by atoms with Crippen LogP contribution in [0.4, 0.5) is 0 Å². The highest BCUT2D eigenvalue weighted by atomic mass is 35.5. The van der Waals surface area contributed by atoms with Crippen molar-refractivity contribution in [2.45, 2.75) is 25.3 Å². The van der Waals surface area contributed by atoms with E-state index in [4.69, 9.17) is 11.6 Å². The maximum atomic E-state index is 12.7. The number of aromatic amines is 2. The number of carbonyl (C=O) groups is 1. The molecule has 1 aromatic heterocycles. The molecule has 0 radical (unpaired) electrons. The van der Waals surface area contributed by atoms with Crippen LogP contribution in [0.5, 0.6) is 0 Å². The second kappa shape index (κ2) is 5.09. The first kappa shape index (κ1) is 14.3. The maximum Gasteiger partial charge on any atom is 0.325 e. The molecule has 4 rings (SSSR count). The van der Waals surface area contributed by atoms with Gasteiger partial charge in [0.2, 0.25) is 5.91 Å². The molecule has 0 saturated heterocycles. The molecule has 6 nitrogen and oxygen atoms in total. The van der Waals surface area contributed by atoms with Crippen LogP contribution < -0.4 is 11.2 Å². The Bertz CT molecular complexity index is 931. The lowest BCUT2D eigenvalue weighted by Crippen LogP contribution is -2.44. The third-order valence-electron chi connectivity index (χ3n) is 4.63. The van der Waals surface area contributed by atoms with Gasteiger partial charge in [0.25, 0.3) is 5.56 Å². The number of carbonyl (C=O) groups excluding carboxylic acids is 1. The van der Waals surface area contributed by atoms with Gasteiger partial charge in [-0.05, 0) is 36.1 Å². The Morgan fingerprint density at radius 1 is 1.26 bits per heavy atom. The van der Waals surface area contributed by atoms with Crippen molar-refractivity contribution in [1.29, 1.82) is 0 Å². The first-order valence-electron chi connectivity index (χ1n) is 7.44. The van der Waals surface area contributed by atoms with Gasteiger partial charge >= 0.3 is 5.69 Å². The number of amides is 1. The number of benzene rings is 1. The Balaban J connectivity index is 1.60. The highest BCUT2D eigenvalue weighted by Crippen LogP contribution is 2.38. The summed E-state index contributed by atoms with van der Waals surface area (Å²) in [5.41, 5.74) is 2.32. The number of nitrogens with one attached hydrogen (secondary N) is 2. The molecule has 0 spiro atoms. The minimum atomic E-state index is -0.538. The molecule has 118 valence electrons. The van der Waals surface area contributed by atoms with Crippen molar-refractivity contribution in [3.8, 4) is 0 Å². The van der Waals surface area contributed by atoms with Crippen LogP contribution in [0.15, 0.2) is 27.8 Å². The summed E-state index contributed by atoms with van der Waals surface area (Å²) in [6, 6.07) is 5.62. The van der Waals surface area contributed by atoms with Crippen LogP contribution >= 0.6 is 11.6 Å². The largest absolute Gasteiger partial charge is 0.336 e. The number of H-pyrrole nitrogens is 2. The smallest absolute Gasteiger partial charge is 0.325 e. The Hall–Kier alpha value is -2.34. The molecule has 2 heterocycles. The second-order valence-electron chi connectivity index (χ2n) is 5.97. The second-order valence-corrected chi connectivity index (χ2v) is 6.41. The van der Waals surface area contributed by atoms with Gasteiger partial charge in [-0.25, -0.2) is 4.79 Å². The Morgan fingerprint density at radius 2 is 2.09 bits per heavy atom. The quantitative estimate of drug-likeness (QED) is 0.815. The fourth-order valence-electron chi connectivity index (χ4n) is 3.38. The van der Waals surface area contributed by atoms with Crippen molar-refractivity contribution < 1.29 is 4.79 Å². The van der Waals surface area contributed by atoms with E-state index in [0.29, 0.717) is 35.7 Å². The predicted octanol–water partition coefficient (Wildman–Crippen LogP) is 0.941. The van der Waals surface area contributed by atoms with E-state index in [1.807, 2.05) is 18.2 Å². The number of hydrogen-bond donors (Lipinski definition) is 2. The molecule has 2 aromatic rings. The van der Waals surface area contributed by atoms with E-state index in [0.717, 1.165) is 11.1 Å². The van der Waals surface area contributed by atoms with Crippen LogP contribution in [-0.2, 0) is 24.2 Å². The van der Waals surface area contributed by atoms with Gasteiger partial charge in [-0.1, -0.05) is 17.7 Å². The standard InChI is InChI=1S/C16H14ClN3O3/c17-9-2-1-8-5-12(11(8)6-9)15(22)20-4-3-10-13(7-20)18-16(23)19-14(10)21/h1-2,6,12H,3-5,7H2,(H2,18,19,21,23). The van der Waals surface area contributed by atoms with Crippen LogP contribution in [0, 0.1) is 0 Å². The van der Waals surface area contributed by atoms with Gasteiger partial charge in [0.15, 0.2) is 0 Å². The number of halogens is 1. The lowest BCUT2D eigenvalue weighted by molar-refractivity contribution is -0.134. The van der Waals surface area contributed by atoms with E-state index in [1.165, 1.54) is 0 Å². The first-order valence-corrected chi connectivity index (χ1v) is 7.82. The molecule has 1 aliphatic heterocycles. The van der Waals surface area contributed by atoms with Crippen LogP contribution in [0.25, 0.3) is 0 Å². The van der Waals surface area contributed by atoms with E-state index in [-0.39, 0.29) is 23.9 Å². The van der Waals surface area contributed by atoms with Crippen molar-refractivity contribution in [3.63, 3.8) is 0 Å². The molecule has 1 atom stereocenters. The molecule has 0 fully saturated rings. The third kappa shape index (κ3) is 2.30. The van der Waals surface area contributed by atoms with E-state index >= 15 is 0 Å². The number of aromatic nitrogens is 2. The molecule has 23 heavy (non-hydrogen) atoms. The zero-order valence-electron chi connectivity index (χ0n) is 12.2. The summed E-state index contributed by atoms with van der Waals surface area (Å²) in [6.07, 6.45) is 1.16. The summed E-state index contributed by atoms with van der Waals surface area (Å²) in [6.45, 7) is 0.743. The lowest BCUT2D eigenvalue weighted by Gasteiger charge is -2.36. The van der Waals surface area contributed by atoms with Crippen molar-refractivity contribution in [2.75, 3.05) is 6.54 Å². The third-order valence-corrected chi connectivity index (χ3v) is 4.86. The number of rotatable bonds is 1. The van der Waals surface area contributed by atoms with Gasteiger partial charge in [-0.2, -0.15) is 0 Å². The molecule has 7 heteroatoms. The van der Waals surface area contributed by atoms with Gasteiger partial charge in [0.1, 0.15) is 0 Å². The molecule has 0 saturated carbocycles. The topological polar surface area (TPSA) is 86.0 Å². The zero-order chi connectivity index (χ0) is 16.1. The fraction of sp³-hybridized carbons (Fsp3) is 0.312. The van der Waals surface area contributed by atoms with E-state index in [9.17, 15) is 14.4 Å². The summed E-state index contributed by atoms with van der Waals surface area (Å²) >= 11 is 6.01. The monoisotopic (exact) mass is 331 g/mol. The molecule has 1 aromatic carbocycles. The zero-order valence-corrected chi connectivity index (χ0v) is 12.9. The summed E-state index contributed by atoms with van der Waals surface area (Å²) in [5, 5.41) is 0.626. The lowest BCUT2D eigenvalue weighted by atomic mass is 9.76. The van der Waals surface area contributed by atoms with Crippen molar-refractivity contribution in [3.05, 3.63) is 66.4 Å². The van der Waals surface area contributed by atoms with Crippen LogP contribution in [0.3, 0.4) is 0 Å².